The zero-order chi connectivity index (χ0) is 21.2. The third-order valence-corrected chi connectivity index (χ3v) is 8.29. The van der Waals surface area contributed by atoms with Crippen molar-refractivity contribution in [3.05, 3.63) is 30.2 Å². The molecule has 8 heteroatoms. The van der Waals surface area contributed by atoms with Gasteiger partial charge in [0, 0.05) is 18.4 Å². The molecule has 1 amide bonds. The number of nitrogens with one attached hydrogen (secondary N) is 1. The molecule has 2 aromatic rings. The van der Waals surface area contributed by atoms with E-state index in [-0.39, 0.29) is 24.1 Å². The molecule has 0 radical (unpaired) electrons. The molecule has 2 unspecified atom stereocenters. The van der Waals surface area contributed by atoms with Crippen LogP contribution in [0.3, 0.4) is 0 Å². The minimum absolute atomic E-state index is 0.0999. The molecule has 4 bridgehead atoms. The zero-order valence-corrected chi connectivity index (χ0v) is 17.7. The van der Waals surface area contributed by atoms with Gasteiger partial charge in [-0.3, -0.25) is 4.79 Å². The van der Waals surface area contributed by atoms with Crippen molar-refractivity contribution in [1.82, 2.24) is 24.9 Å². The highest BCUT2D eigenvalue weighted by Crippen LogP contribution is 2.55. The van der Waals surface area contributed by atoms with Crippen molar-refractivity contribution < 1.29 is 15.0 Å². The lowest BCUT2D eigenvalue weighted by Crippen LogP contribution is -2.61. The van der Waals surface area contributed by atoms with Gasteiger partial charge in [0.25, 0.3) is 5.91 Å². The second-order valence-electron chi connectivity index (χ2n) is 10.4. The van der Waals surface area contributed by atoms with Crippen LogP contribution >= 0.6 is 0 Å². The van der Waals surface area contributed by atoms with E-state index in [1.165, 1.54) is 0 Å². The van der Waals surface area contributed by atoms with E-state index < -0.39 is 5.60 Å². The van der Waals surface area contributed by atoms with Gasteiger partial charge in [0.1, 0.15) is 5.56 Å². The Labute approximate surface area is 181 Å². The van der Waals surface area contributed by atoms with Crippen molar-refractivity contribution in [3.8, 4) is 5.82 Å². The first-order chi connectivity index (χ1) is 15.0. The molecule has 2 heterocycles. The monoisotopic (exact) mass is 425 g/mol. The van der Waals surface area contributed by atoms with Gasteiger partial charge in [0.05, 0.1) is 23.9 Å². The maximum Gasteiger partial charge on any atom is 0.256 e. The fraction of sp³-hybridized carbons (Fsp3) is 0.696. The summed E-state index contributed by atoms with van der Waals surface area (Å²) < 4.78 is 3.65. The van der Waals surface area contributed by atoms with Gasteiger partial charge < -0.3 is 15.5 Å². The number of amides is 1. The number of aromatic nitrogens is 4. The predicted octanol–water partition coefficient (Wildman–Crippen LogP) is 2.21. The van der Waals surface area contributed by atoms with Crippen LogP contribution in [0.15, 0.2) is 24.7 Å². The Morgan fingerprint density at radius 1 is 1.10 bits per heavy atom. The minimum Gasteiger partial charge on any atom is -0.393 e. The van der Waals surface area contributed by atoms with E-state index in [4.69, 9.17) is 0 Å². The fourth-order valence-corrected chi connectivity index (χ4v) is 7.15. The third kappa shape index (κ3) is 3.31. The van der Waals surface area contributed by atoms with Gasteiger partial charge in [-0.25, -0.2) is 9.36 Å². The van der Waals surface area contributed by atoms with Crippen LogP contribution in [-0.2, 0) is 0 Å². The molecule has 0 spiro atoms. The van der Waals surface area contributed by atoms with Crippen LogP contribution in [0.1, 0.15) is 74.2 Å². The van der Waals surface area contributed by atoms with E-state index in [9.17, 15) is 15.0 Å². The number of nitrogens with zero attached hydrogens (tertiary/aromatic N) is 4. The number of aliphatic hydroxyl groups excluding tert-OH is 1. The highest BCUT2D eigenvalue weighted by atomic mass is 16.3. The second kappa shape index (κ2) is 7.17. The number of rotatable bonds is 4. The molecule has 5 fully saturated rings. The van der Waals surface area contributed by atoms with Gasteiger partial charge in [-0.15, -0.1) is 0 Å². The molecule has 5 aliphatic rings. The predicted molar refractivity (Wildman–Crippen MR) is 113 cm³/mol. The van der Waals surface area contributed by atoms with Crippen molar-refractivity contribution in [2.24, 2.45) is 17.8 Å². The number of hydrogen-bond acceptors (Lipinski definition) is 5. The lowest BCUT2D eigenvalue weighted by Gasteiger charge is -2.58. The number of aliphatic hydroxyl groups is 2. The maximum absolute atomic E-state index is 13.5. The van der Waals surface area contributed by atoms with Crippen molar-refractivity contribution in [2.75, 3.05) is 0 Å². The summed E-state index contributed by atoms with van der Waals surface area (Å²) in [7, 11) is 0. The topological polar surface area (TPSA) is 105 Å². The van der Waals surface area contributed by atoms with E-state index in [0.29, 0.717) is 29.1 Å². The first-order valence-corrected chi connectivity index (χ1v) is 11.8. The first-order valence-electron chi connectivity index (χ1n) is 11.8. The lowest BCUT2D eigenvalue weighted by atomic mass is 9.52. The quantitative estimate of drug-likeness (QED) is 0.697. The van der Waals surface area contributed by atoms with Crippen LogP contribution in [0.4, 0.5) is 0 Å². The average Bonchev–Trinajstić information content (AvgIpc) is 3.39. The second-order valence-corrected chi connectivity index (χ2v) is 10.4. The third-order valence-electron chi connectivity index (χ3n) is 8.29. The summed E-state index contributed by atoms with van der Waals surface area (Å²) in [6, 6.07) is 2.13. The normalized spacial score (nSPS) is 39.0. The lowest BCUT2D eigenvalue weighted by molar-refractivity contribution is -0.136. The smallest absolute Gasteiger partial charge is 0.256 e. The molecule has 8 nitrogen and oxygen atoms in total. The molecule has 166 valence electrons. The molecule has 5 saturated carbocycles. The SMILES string of the molecule is O=C(N[C@H]1C2CC3CC1C[C@](O)(C3)C2)c1cnn([C@H]2CC[C@@H](O)CC2)c1-n1cccn1. The van der Waals surface area contributed by atoms with Crippen LogP contribution < -0.4 is 5.32 Å². The molecular weight excluding hydrogens is 394 g/mol. The summed E-state index contributed by atoms with van der Waals surface area (Å²) in [6.45, 7) is 0. The Hall–Kier alpha value is -2.19. The molecule has 0 saturated heterocycles. The van der Waals surface area contributed by atoms with Gasteiger partial charge >= 0.3 is 0 Å². The zero-order valence-electron chi connectivity index (χ0n) is 17.7. The van der Waals surface area contributed by atoms with Crippen LogP contribution in [0.2, 0.25) is 0 Å². The Kier molecular flexibility index (Phi) is 4.51. The van der Waals surface area contributed by atoms with Gasteiger partial charge in [0.15, 0.2) is 5.82 Å². The van der Waals surface area contributed by atoms with Crippen LogP contribution in [0, 0.1) is 17.8 Å². The van der Waals surface area contributed by atoms with E-state index in [2.05, 4.69) is 15.5 Å². The van der Waals surface area contributed by atoms with Crippen molar-refractivity contribution in [2.45, 2.75) is 81.6 Å². The largest absolute Gasteiger partial charge is 0.393 e. The molecule has 0 aliphatic heterocycles. The first kappa shape index (κ1) is 19.5. The Bertz CT molecular complexity index is 946. The average molecular weight is 426 g/mol. The molecule has 2 atom stereocenters. The Morgan fingerprint density at radius 2 is 1.84 bits per heavy atom. The van der Waals surface area contributed by atoms with Crippen LogP contribution in [0.5, 0.6) is 0 Å². The summed E-state index contributed by atoms with van der Waals surface area (Å²) >= 11 is 0. The van der Waals surface area contributed by atoms with Crippen molar-refractivity contribution in [3.63, 3.8) is 0 Å². The number of carbonyl (C=O) groups excluding carboxylic acids is 1. The summed E-state index contributed by atoms with van der Waals surface area (Å²) in [5, 5.41) is 33.1. The van der Waals surface area contributed by atoms with Gasteiger partial charge in [-0.2, -0.15) is 10.2 Å². The molecule has 3 N–H and O–H groups in total. The minimum atomic E-state index is -0.506. The molecule has 0 aromatic carbocycles. The van der Waals surface area contributed by atoms with E-state index in [1.54, 1.807) is 17.1 Å². The molecule has 2 aromatic heterocycles. The number of carbonyl (C=O) groups is 1. The summed E-state index contributed by atoms with van der Waals surface area (Å²) in [6.07, 6.45) is 12.9. The fourth-order valence-electron chi connectivity index (χ4n) is 7.15. The van der Waals surface area contributed by atoms with Crippen LogP contribution in [0.25, 0.3) is 5.82 Å². The summed E-state index contributed by atoms with van der Waals surface area (Å²) in [5.74, 6) is 1.94. The Morgan fingerprint density at radius 3 is 2.48 bits per heavy atom. The highest BCUT2D eigenvalue weighted by molar-refractivity contribution is 5.97. The Balaban J connectivity index is 1.28. The molecule has 7 rings (SSSR count). The maximum atomic E-state index is 13.5. The number of hydrogen-bond donors (Lipinski definition) is 3. The summed E-state index contributed by atoms with van der Waals surface area (Å²) in [4.78, 5) is 13.5. The van der Waals surface area contributed by atoms with E-state index in [1.807, 2.05) is 16.9 Å². The van der Waals surface area contributed by atoms with Crippen molar-refractivity contribution >= 4 is 5.91 Å². The van der Waals surface area contributed by atoms with E-state index >= 15 is 0 Å². The van der Waals surface area contributed by atoms with Gasteiger partial charge in [0.2, 0.25) is 0 Å². The molecule has 31 heavy (non-hydrogen) atoms. The molecule has 5 aliphatic carbocycles. The van der Waals surface area contributed by atoms with Gasteiger partial charge in [-0.05, 0) is 81.6 Å². The van der Waals surface area contributed by atoms with Gasteiger partial charge in [-0.1, -0.05) is 0 Å². The standard InChI is InChI=1S/C23H31N5O3/c29-18-4-2-17(3-5-18)28-22(27-7-1-6-24-27)19(13-25-28)21(30)26-20-15-8-14-9-16(20)12-23(31,10-14)11-15/h1,6-7,13-18,20,29,31H,2-5,8-12H2,(H,26,30)/t14?,15?,16?,17-,18+,20-,23-. The molecular formula is C23H31N5O3. The highest BCUT2D eigenvalue weighted by Gasteiger charge is 2.55. The van der Waals surface area contributed by atoms with Crippen molar-refractivity contribution in [1.29, 1.82) is 0 Å². The van der Waals surface area contributed by atoms with E-state index in [0.717, 1.165) is 57.8 Å². The summed E-state index contributed by atoms with van der Waals surface area (Å²) in [5.41, 5.74) is 0.0383. The van der Waals surface area contributed by atoms with Crippen LogP contribution in [-0.4, -0.2) is 53.4 Å².